The average Bonchev–Trinajstić information content (AvgIpc) is 2.76. The molecule has 0 spiro atoms. The third-order valence-electron chi connectivity index (χ3n) is 4.97. The monoisotopic (exact) mass is 804 g/mol. The Hall–Kier alpha value is 2.06. The summed E-state index contributed by atoms with van der Waals surface area (Å²) in [5.74, 6) is 0. The first-order chi connectivity index (χ1) is 16.7. The van der Waals surface area contributed by atoms with Crippen molar-refractivity contribution in [2.75, 3.05) is 37.0 Å². The van der Waals surface area contributed by atoms with Gasteiger partial charge in [0.05, 0.1) is 0 Å². The van der Waals surface area contributed by atoms with Crippen LogP contribution in [0.4, 0.5) is 0 Å². The Labute approximate surface area is 255 Å². The van der Waals surface area contributed by atoms with Crippen molar-refractivity contribution in [3.63, 3.8) is 0 Å². The summed E-state index contributed by atoms with van der Waals surface area (Å²) in [7, 11) is -9.05. The van der Waals surface area contributed by atoms with Crippen LogP contribution in [-0.2, 0) is 27.7 Å². The predicted octanol–water partition coefficient (Wildman–Crippen LogP) is 0.223. The zero-order valence-corrected chi connectivity index (χ0v) is 33.1. The Morgan fingerprint density at radius 3 is 0.541 bits per heavy atom. The molecule has 13 heteroatoms. The first-order valence-electron chi connectivity index (χ1n) is 13.4. The summed E-state index contributed by atoms with van der Waals surface area (Å²) in [6.45, 7) is 13.9. The molecule has 0 aromatic carbocycles. The number of rotatable bonds is 18. The topological polar surface area (TPSA) is 184 Å². The average molecular weight is 804 g/mol. The maximum absolute atomic E-state index is 8.49. The summed E-state index contributed by atoms with van der Waals surface area (Å²) in [6.07, 6.45) is 26.4. The number of unbranched alkanes of at least 4 members (excludes halogenated alkanes) is 6. The first kappa shape index (κ1) is 48.8. The zero-order valence-electron chi connectivity index (χ0n) is 24.4. The summed E-state index contributed by atoms with van der Waals surface area (Å²) >= 11 is 0. The van der Waals surface area contributed by atoms with E-state index in [1.54, 1.807) is 37.0 Å². The van der Waals surface area contributed by atoms with Crippen molar-refractivity contribution < 1.29 is 85.4 Å². The number of hydrogen-bond acceptors (Lipinski definition) is 8. The van der Waals surface area contributed by atoms with Crippen molar-refractivity contribution in [2.24, 2.45) is 0 Å². The molecule has 0 aromatic heterocycles. The van der Waals surface area contributed by atoms with E-state index < -0.39 is 20.5 Å². The molecule has 0 aliphatic rings. The second-order valence-corrected chi connectivity index (χ2v) is 15.4. The Morgan fingerprint density at radius 2 is 0.459 bits per heavy atom. The largest absolute Gasteiger partial charge is 2.00 e. The Kier molecular flexibility index (Phi) is 47.6. The van der Waals surface area contributed by atoms with Gasteiger partial charge in [0.15, 0.2) is 0 Å². The Balaban J connectivity index is -0.000000133. The van der Waals surface area contributed by atoms with Gasteiger partial charge in [0.1, 0.15) is 0 Å². The Bertz CT molecular complexity index is 322. The summed E-state index contributed by atoms with van der Waals surface area (Å²) in [4.78, 5) is 0. The molecule has 0 fully saturated rings. The fourth-order valence-corrected chi connectivity index (χ4v) is 8.88. The molecule has 0 saturated heterocycles. The van der Waals surface area contributed by atoms with Gasteiger partial charge in [-0.1, -0.05) is 80.1 Å². The van der Waals surface area contributed by atoms with E-state index in [0.29, 0.717) is 15.8 Å². The molecule has 0 aliphatic heterocycles. The minimum Gasteiger partial charge on any atom is -0.222 e. The van der Waals surface area contributed by atoms with E-state index >= 15 is 0 Å². The van der Waals surface area contributed by atoms with Crippen LogP contribution >= 0.6 is 15.8 Å². The Morgan fingerprint density at radius 1 is 0.351 bits per heavy atom. The van der Waals surface area contributed by atoms with Gasteiger partial charge in [0.2, 0.25) is 0 Å². The van der Waals surface area contributed by atoms with Crippen LogP contribution in [0.5, 0.6) is 0 Å². The molecule has 37 heavy (non-hydrogen) atoms. The van der Waals surface area contributed by atoms with Crippen molar-refractivity contribution in [1.29, 1.82) is 0 Å². The normalized spacial score (nSPS) is 11.0. The van der Waals surface area contributed by atoms with Gasteiger partial charge in [-0.2, -0.15) is 0 Å². The van der Waals surface area contributed by atoms with Crippen LogP contribution in [0.3, 0.4) is 0 Å². The molecule has 224 valence electrons. The SMILES string of the molecule is CCCCP(CCCC)CCCC.CCCCP(CCCC)CCCC.[Hg+2].[O-][Cl+3]([O-])([O-])[O-].[O-][Cl+3]([O-])([O-])[O-]. The van der Waals surface area contributed by atoms with Crippen LogP contribution in [0.2, 0.25) is 0 Å². The van der Waals surface area contributed by atoms with E-state index in [-0.39, 0.29) is 27.7 Å². The summed E-state index contributed by atoms with van der Waals surface area (Å²) in [5.41, 5.74) is 0. The molecule has 0 aliphatic carbocycles. The second kappa shape index (κ2) is 36.1. The molecule has 0 heterocycles. The van der Waals surface area contributed by atoms with Crippen molar-refractivity contribution in [3.05, 3.63) is 0 Å². The van der Waals surface area contributed by atoms with Crippen LogP contribution < -0.4 is 37.3 Å². The quantitative estimate of drug-likeness (QED) is 0.139. The summed E-state index contributed by atoms with van der Waals surface area (Å²) in [6, 6.07) is 0. The van der Waals surface area contributed by atoms with Crippen molar-refractivity contribution in [2.45, 2.75) is 119 Å². The van der Waals surface area contributed by atoms with Gasteiger partial charge in [-0.3, -0.25) is 0 Å². The van der Waals surface area contributed by atoms with Gasteiger partial charge in [-0.15, -0.1) is 36.3 Å². The fraction of sp³-hybridized carbons (Fsp3) is 1.00. The zero-order chi connectivity index (χ0) is 28.9. The third kappa shape index (κ3) is 72.9. The molecule has 0 saturated carbocycles. The molecule has 0 unspecified atom stereocenters. The number of hydrogen-bond donors (Lipinski definition) is 0. The van der Waals surface area contributed by atoms with Crippen LogP contribution in [0.1, 0.15) is 119 Å². The van der Waals surface area contributed by atoms with Crippen LogP contribution in [0.25, 0.3) is 0 Å². The van der Waals surface area contributed by atoms with Crippen LogP contribution in [0, 0.1) is 20.5 Å². The molecule has 0 radical (unpaired) electrons. The first-order valence-corrected chi connectivity index (χ1v) is 19.6. The van der Waals surface area contributed by atoms with Crippen molar-refractivity contribution >= 4 is 15.8 Å². The summed E-state index contributed by atoms with van der Waals surface area (Å²) < 4.78 is 67.9. The van der Waals surface area contributed by atoms with Crippen molar-refractivity contribution in [3.8, 4) is 0 Å². The molecule has 0 rings (SSSR count). The van der Waals surface area contributed by atoms with Crippen LogP contribution in [-0.4, -0.2) is 37.0 Å². The van der Waals surface area contributed by atoms with Gasteiger partial charge in [-0.05, 0) is 75.5 Å². The van der Waals surface area contributed by atoms with Gasteiger partial charge in [0.25, 0.3) is 0 Å². The molecule has 0 bridgehead atoms. The fourth-order valence-electron chi connectivity index (χ4n) is 2.96. The minimum absolute atomic E-state index is 0. The van der Waals surface area contributed by atoms with Gasteiger partial charge >= 0.3 is 27.7 Å². The molecule has 0 aromatic rings. The predicted molar refractivity (Wildman–Crippen MR) is 132 cm³/mol. The minimum atomic E-state index is -4.94. The maximum atomic E-state index is 8.49. The maximum Gasteiger partial charge on any atom is 2.00 e. The molecule has 0 N–H and O–H groups in total. The van der Waals surface area contributed by atoms with E-state index in [4.69, 9.17) is 37.3 Å². The van der Waals surface area contributed by atoms with Gasteiger partial charge < -0.3 is 0 Å². The summed E-state index contributed by atoms with van der Waals surface area (Å²) in [5, 5.41) is 0. The molecule has 0 amide bonds. The van der Waals surface area contributed by atoms with E-state index in [2.05, 4.69) is 41.5 Å². The molecular formula is C24H54Cl2HgO8P2. The van der Waals surface area contributed by atoms with E-state index in [9.17, 15) is 0 Å². The molecule has 8 nitrogen and oxygen atoms in total. The van der Waals surface area contributed by atoms with Crippen LogP contribution in [0.15, 0.2) is 0 Å². The van der Waals surface area contributed by atoms with E-state index in [1.165, 1.54) is 77.0 Å². The smallest absolute Gasteiger partial charge is 0.222 e. The van der Waals surface area contributed by atoms with E-state index in [0.717, 1.165) is 0 Å². The second-order valence-electron chi connectivity index (χ2n) is 8.56. The number of halogens is 2. The van der Waals surface area contributed by atoms with Crippen molar-refractivity contribution in [1.82, 2.24) is 0 Å². The third-order valence-corrected chi connectivity index (χ3v) is 10.7. The van der Waals surface area contributed by atoms with Gasteiger partial charge in [0, 0.05) is 0 Å². The molecule has 0 atom stereocenters. The van der Waals surface area contributed by atoms with Gasteiger partial charge in [-0.25, -0.2) is 37.3 Å². The standard InChI is InChI=1S/2C12H27P.2ClHO4.Hg/c2*1-4-7-10-13(11-8-5-2)12-9-6-3;2*2-1(3,4)5;/h2*4-12H2,1-3H3;2*(H,2,3,4,5);/q;;;;+2/p-2. The molecular weight excluding hydrogens is 750 g/mol. The van der Waals surface area contributed by atoms with E-state index in [1.807, 2.05) is 0 Å².